The molecule has 3 nitrogen and oxygen atoms in total. The minimum Gasteiger partial charge on any atom is -0.466 e. The molecule has 4 heteroatoms. The Hall–Kier alpha value is -1.58. The molecule has 0 unspecified atom stereocenters. The number of benzene rings is 1. The van der Waals surface area contributed by atoms with Gasteiger partial charge in [-0.25, -0.2) is 4.98 Å². The van der Waals surface area contributed by atoms with E-state index in [0.717, 1.165) is 5.56 Å². The fraction of sp³-hybridized carbons (Fsp3) is 0.154. The summed E-state index contributed by atoms with van der Waals surface area (Å²) < 4.78 is 10.7. The number of rotatable bonds is 5. The first-order chi connectivity index (χ1) is 8.34. The summed E-state index contributed by atoms with van der Waals surface area (Å²) in [5, 5.41) is 0.447. The van der Waals surface area contributed by atoms with Crippen LogP contribution in [0, 0.1) is 0 Å². The molecule has 0 saturated carbocycles. The number of pyridine rings is 1. The molecule has 0 atom stereocenters. The van der Waals surface area contributed by atoms with Crippen molar-refractivity contribution >= 4 is 11.6 Å². The lowest BCUT2D eigenvalue weighted by atomic mass is 10.2. The smallest absolute Gasteiger partial charge is 0.189 e. The molecule has 0 spiro atoms. The van der Waals surface area contributed by atoms with Gasteiger partial charge in [0.25, 0.3) is 0 Å². The Morgan fingerprint density at radius 2 is 1.88 bits per heavy atom. The maximum atomic E-state index is 5.66. The molecule has 0 saturated heterocycles. The summed E-state index contributed by atoms with van der Waals surface area (Å²) in [7, 11) is 0. The number of aromatic nitrogens is 1. The molecule has 0 aliphatic carbocycles. The van der Waals surface area contributed by atoms with Gasteiger partial charge in [0.15, 0.2) is 6.79 Å². The lowest BCUT2D eigenvalue weighted by Crippen LogP contribution is -2.03. The second-order valence-electron chi connectivity index (χ2n) is 3.41. The molecule has 0 fully saturated rings. The van der Waals surface area contributed by atoms with Gasteiger partial charge in [-0.1, -0.05) is 41.9 Å². The zero-order valence-corrected chi connectivity index (χ0v) is 9.93. The summed E-state index contributed by atoms with van der Waals surface area (Å²) in [5.74, 6) is 0.641. The van der Waals surface area contributed by atoms with E-state index < -0.39 is 0 Å². The van der Waals surface area contributed by atoms with E-state index >= 15 is 0 Å². The van der Waals surface area contributed by atoms with Crippen molar-refractivity contribution in [2.24, 2.45) is 0 Å². The molecule has 0 N–H and O–H groups in total. The molecule has 0 amide bonds. The van der Waals surface area contributed by atoms with Crippen molar-refractivity contribution in [2.45, 2.75) is 6.61 Å². The average molecular weight is 250 g/mol. The molecule has 2 rings (SSSR count). The normalized spacial score (nSPS) is 10.2. The van der Waals surface area contributed by atoms with Gasteiger partial charge in [0.05, 0.1) is 12.8 Å². The monoisotopic (exact) mass is 249 g/mol. The van der Waals surface area contributed by atoms with E-state index in [1.165, 1.54) is 0 Å². The highest BCUT2D eigenvalue weighted by Crippen LogP contribution is 2.12. The topological polar surface area (TPSA) is 31.4 Å². The highest BCUT2D eigenvalue weighted by molar-refractivity contribution is 6.29. The lowest BCUT2D eigenvalue weighted by molar-refractivity contribution is 0.00486. The predicted octanol–water partition coefficient (Wildman–Crippen LogP) is 3.29. The van der Waals surface area contributed by atoms with E-state index in [1.807, 2.05) is 30.3 Å². The van der Waals surface area contributed by atoms with E-state index in [1.54, 1.807) is 18.3 Å². The van der Waals surface area contributed by atoms with Gasteiger partial charge >= 0.3 is 0 Å². The van der Waals surface area contributed by atoms with Gasteiger partial charge in [-0.05, 0) is 17.7 Å². The Morgan fingerprint density at radius 3 is 2.59 bits per heavy atom. The van der Waals surface area contributed by atoms with E-state index in [4.69, 9.17) is 21.1 Å². The predicted molar refractivity (Wildman–Crippen MR) is 66.0 cm³/mol. The molecule has 88 valence electrons. The number of halogens is 1. The van der Waals surface area contributed by atoms with Gasteiger partial charge < -0.3 is 9.47 Å². The summed E-state index contributed by atoms with van der Waals surface area (Å²) in [5.41, 5.74) is 1.12. The molecular formula is C13H12ClNO2. The van der Waals surface area contributed by atoms with Crippen molar-refractivity contribution in [3.05, 3.63) is 59.4 Å². The van der Waals surface area contributed by atoms with Crippen LogP contribution in [0.1, 0.15) is 5.56 Å². The quantitative estimate of drug-likeness (QED) is 0.463. The van der Waals surface area contributed by atoms with E-state index in [-0.39, 0.29) is 6.79 Å². The van der Waals surface area contributed by atoms with Crippen LogP contribution >= 0.6 is 11.6 Å². The molecule has 0 aliphatic rings. The molecule has 0 aliphatic heterocycles. The molecule has 0 radical (unpaired) electrons. The van der Waals surface area contributed by atoms with Crippen molar-refractivity contribution < 1.29 is 9.47 Å². The van der Waals surface area contributed by atoms with Crippen LogP contribution in [0.5, 0.6) is 5.75 Å². The van der Waals surface area contributed by atoms with Crippen LogP contribution in [0.2, 0.25) is 5.15 Å². The molecule has 17 heavy (non-hydrogen) atoms. The Bertz CT molecular complexity index is 445. The van der Waals surface area contributed by atoms with E-state index in [2.05, 4.69) is 4.98 Å². The van der Waals surface area contributed by atoms with Crippen molar-refractivity contribution in [3.63, 3.8) is 0 Å². The maximum absolute atomic E-state index is 5.66. The summed E-state index contributed by atoms with van der Waals surface area (Å²) in [4.78, 5) is 3.90. The highest BCUT2D eigenvalue weighted by atomic mass is 35.5. The van der Waals surface area contributed by atoms with Crippen molar-refractivity contribution in [1.29, 1.82) is 0 Å². The van der Waals surface area contributed by atoms with Gasteiger partial charge in [0.2, 0.25) is 0 Å². The number of hydrogen-bond donors (Lipinski definition) is 0. The molecule has 1 heterocycles. The number of hydrogen-bond acceptors (Lipinski definition) is 3. The Morgan fingerprint density at radius 1 is 1.06 bits per heavy atom. The largest absolute Gasteiger partial charge is 0.466 e. The van der Waals surface area contributed by atoms with Gasteiger partial charge in [0, 0.05) is 0 Å². The minimum atomic E-state index is 0.193. The number of nitrogens with zero attached hydrogens (tertiary/aromatic N) is 1. The maximum Gasteiger partial charge on any atom is 0.189 e. The fourth-order valence-corrected chi connectivity index (χ4v) is 1.40. The van der Waals surface area contributed by atoms with Crippen LogP contribution in [0.4, 0.5) is 0 Å². The first-order valence-corrected chi connectivity index (χ1v) is 5.58. The second kappa shape index (κ2) is 6.23. The van der Waals surface area contributed by atoms with Crippen LogP contribution in [0.15, 0.2) is 48.7 Å². The highest BCUT2D eigenvalue weighted by Gasteiger charge is 1.95. The van der Waals surface area contributed by atoms with Gasteiger partial charge in [-0.15, -0.1) is 0 Å². The van der Waals surface area contributed by atoms with Crippen LogP contribution in [0.25, 0.3) is 0 Å². The summed E-state index contributed by atoms with van der Waals surface area (Å²) in [6.45, 7) is 0.722. The molecule has 2 aromatic rings. The van der Waals surface area contributed by atoms with Crippen molar-refractivity contribution in [1.82, 2.24) is 4.98 Å². The zero-order valence-electron chi connectivity index (χ0n) is 9.17. The summed E-state index contributed by atoms with van der Waals surface area (Å²) in [6, 6.07) is 13.4. The van der Waals surface area contributed by atoms with E-state index in [9.17, 15) is 0 Å². The number of ether oxygens (including phenoxy) is 2. The Labute approximate surface area is 105 Å². The summed E-state index contributed by atoms with van der Waals surface area (Å²) >= 11 is 5.66. The second-order valence-corrected chi connectivity index (χ2v) is 3.80. The first kappa shape index (κ1) is 11.9. The third kappa shape index (κ3) is 4.06. The van der Waals surface area contributed by atoms with E-state index in [0.29, 0.717) is 17.5 Å². The Kier molecular flexibility index (Phi) is 4.36. The van der Waals surface area contributed by atoms with Gasteiger partial charge in [-0.2, -0.15) is 0 Å². The van der Waals surface area contributed by atoms with Crippen LogP contribution in [-0.4, -0.2) is 11.8 Å². The molecule has 0 bridgehead atoms. The lowest BCUT2D eigenvalue weighted by Gasteiger charge is -2.06. The van der Waals surface area contributed by atoms with Gasteiger partial charge in [0.1, 0.15) is 10.9 Å². The van der Waals surface area contributed by atoms with Gasteiger partial charge in [-0.3, -0.25) is 0 Å². The van der Waals surface area contributed by atoms with Crippen molar-refractivity contribution in [3.8, 4) is 5.75 Å². The SMILES string of the molecule is Clc1ccc(OCOCc2ccccc2)cn1. The Balaban J connectivity index is 1.71. The van der Waals surface area contributed by atoms with Crippen LogP contribution in [-0.2, 0) is 11.3 Å². The molecular weight excluding hydrogens is 238 g/mol. The third-order valence-electron chi connectivity index (χ3n) is 2.12. The third-order valence-corrected chi connectivity index (χ3v) is 2.34. The van der Waals surface area contributed by atoms with Crippen molar-refractivity contribution in [2.75, 3.05) is 6.79 Å². The zero-order chi connectivity index (χ0) is 11.9. The average Bonchev–Trinajstić information content (AvgIpc) is 2.38. The first-order valence-electron chi connectivity index (χ1n) is 5.20. The standard InChI is InChI=1S/C13H12ClNO2/c14-13-7-6-12(8-15-13)17-10-16-9-11-4-2-1-3-5-11/h1-8H,9-10H2. The fourth-order valence-electron chi connectivity index (χ4n) is 1.29. The van der Waals surface area contributed by atoms with Crippen LogP contribution < -0.4 is 4.74 Å². The molecule has 1 aromatic carbocycles. The summed E-state index contributed by atoms with van der Waals surface area (Å²) in [6.07, 6.45) is 1.56. The minimum absolute atomic E-state index is 0.193. The van der Waals surface area contributed by atoms with Crippen LogP contribution in [0.3, 0.4) is 0 Å². The molecule has 1 aromatic heterocycles.